The van der Waals surface area contributed by atoms with E-state index >= 15 is 0 Å². The summed E-state index contributed by atoms with van der Waals surface area (Å²) in [5, 5.41) is 5.89. The van der Waals surface area contributed by atoms with Crippen LogP contribution in [0.25, 0.3) is 22.3 Å². The van der Waals surface area contributed by atoms with Gasteiger partial charge in [0.15, 0.2) is 0 Å². The third-order valence-corrected chi connectivity index (χ3v) is 3.58. The molecule has 0 aliphatic rings. The highest BCUT2D eigenvalue weighted by atomic mass is 32.1. The summed E-state index contributed by atoms with van der Waals surface area (Å²) in [6.07, 6.45) is 1.81. The van der Waals surface area contributed by atoms with Crippen LogP contribution in [0, 0.1) is 6.92 Å². The van der Waals surface area contributed by atoms with Gasteiger partial charge in [0, 0.05) is 6.20 Å². The molecule has 0 spiro atoms. The topological polar surface area (TPSA) is 80.7 Å². The zero-order chi connectivity index (χ0) is 11.8. The molecule has 0 amide bonds. The fourth-order valence-electron chi connectivity index (χ4n) is 1.51. The number of nitrogens with one attached hydrogen (secondary N) is 1. The summed E-state index contributed by atoms with van der Waals surface area (Å²) >= 11 is 1.51. The van der Waals surface area contributed by atoms with Crippen molar-refractivity contribution >= 4 is 17.0 Å². The lowest BCUT2D eigenvalue weighted by Gasteiger charge is -1.91. The van der Waals surface area contributed by atoms with Crippen molar-refractivity contribution in [3.05, 3.63) is 29.3 Å². The molecule has 0 atom stereocenters. The number of nitrogens with zero attached hydrogens (tertiary/aromatic N) is 2. The number of nitrogens with two attached hydrogens (primary N) is 1. The second kappa shape index (κ2) is 3.74. The van der Waals surface area contributed by atoms with Gasteiger partial charge in [-0.25, -0.2) is 0 Å². The Morgan fingerprint density at radius 3 is 3.00 bits per heavy atom. The first-order valence-corrected chi connectivity index (χ1v) is 5.95. The smallest absolute Gasteiger partial charge is 0.270 e. The number of rotatable bonds is 2. The SMILES string of the molecule is Cc1csc(-c2nc(-c3ccc[nH]3)no2)c1N. The maximum Gasteiger partial charge on any atom is 0.270 e. The van der Waals surface area contributed by atoms with Crippen molar-refractivity contribution in [1.29, 1.82) is 0 Å². The van der Waals surface area contributed by atoms with Crippen molar-refractivity contribution in [3.63, 3.8) is 0 Å². The standard InChI is InChI=1S/C11H10N4OS/c1-6-5-17-9(8(6)12)11-14-10(15-16-11)7-3-2-4-13-7/h2-5,13H,12H2,1H3. The highest BCUT2D eigenvalue weighted by molar-refractivity contribution is 7.14. The van der Waals surface area contributed by atoms with E-state index in [4.69, 9.17) is 10.3 Å². The Bertz CT molecular complexity index is 638. The molecule has 3 heterocycles. The van der Waals surface area contributed by atoms with E-state index in [1.54, 1.807) is 0 Å². The molecular weight excluding hydrogens is 236 g/mol. The molecule has 0 saturated heterocycles. The van der Waals surface area contributed by atoms with Gasteiger partial charge in [0.1, 0.15) is 4.88 Å². The predicted octanol–water partition coefficient (Wildman–Crippen LogP) is 2.68. The van der Waals surface area contributed by atoms with Crippen molar-refractivity contribution in [2.24, 2.45) is 0 Å². The molecule has 86 valence electrons. The minimum atomic E-state index is 0.463. The summed E-state index contributed by atoms with van der Waals surface area (Å²) in [6, 6.07) is 3.77. The predicted molar refractivity (Wildman–Crippen MR) is 66.5 cm³/mol. The highest BCUT2D eigenvalue weighted by Gasteiger charge is 2.16. The molecule has 6 heteroatoms. The maximum absolute atomic E-state index is 5.94. The highest BCUT2D eigenvalue weighted by Crippen LogP contribution is 2.34. The molecule has 5 nitrogen and oxygen atoms in total. The van der Waals surface area contributed by atoms with Gasteiger partial charge in [-0.15, -0.1) is 11.3 Å². The van der Waals surface area contributed by atoms with Gasteiger partial charge in [0.2, 0.25) is 5.82 Å². The monoisotopic (exact) mass is 246 g/mol. The maximum atomic E-state index is 5.94. The lowest BCUT2D eigenvalue weighted by atomic mass is 10.3. The molecule has 17 heavy (non-hydrogen) atoms. The molecule has 3 N–H and O–H groups in total. The number of thiophene rings is 1. The summed E-state index contributed by atoms with van der Waals surface area (Å²) < 4.78 is 5.22. The van der Waals surface area contributed by atoms with Crippen molar-refractivity contribution in [2.45, 2.75) is 6.92 Å². The van der Waals surface area contributed by atoms with Gasteiger partial charge in [0.05, 0.1) is 11.4 Å². The van der Waals surface area contributed by atoms with Gasteiger partial charge >= 0.3 is 0 Å². The molecule has 0 radical (unpaired) electrons. The van der Waals surface area contributed by atoms with E-state index < -0.39 is 0 Å². The number of anilines is 1. The Morgan fingerprint density at radius 1 is 1.47 bits per heavy atom. The molecule has 0 aliphatic carbocycles. The zero-order valence-electron chi connectivity index (χ0n) is 9.10. The second-order valence-electron chi connectivity index (χ2n) is 3.67. The number of nitrogen functional groups attached to an aromatic ring is 1. The number of aromatic nitrogens is 3. The quantitative estimate of drug-likeness (QED) is 0.728. The molecule has 3 rings (SSSR count). The number of hydrogen-bond donors (Lipinski definition) is 2. The summed E-state index contributed by atoms with van der Waals surface area (Å²) in [5.74, 6) is 1.00. The third kappa shape index (κ3) is 1.62. The van der Waals surface area contributed by atoms with Gasteiger partial charge in [-0.3, -0.25) is 0 Å². The van der Waals surface area contributed by atoms with E-state index in [2.05, 4.69) is 15.1 Å². The van der Waals surface area contributed by atoms with Crippen LogP contribution < -0.4 is 5.73 Å². The van der Waals surface area contributed by atoms with Gasteiger partial charge in [0.25, 0.3) is 5.89 Å². The van der Waals surface area contributed by atoms with Gasteiger partial charge < -0.3 is 15.2 Å². The minimum Gasteiger partial charge on any atom is -0.397 e. The van der Waals surface area contributed by atoms with E-state index in [1.807, 2.05) is 30.6 Å². The molecular formula is C11H10N4OS. The van der Waals surface area contributed by atoms with Crippen molar-refractivity contribution < 1.29 is 4.52 Å². The first-order chi connectivity index (χ1) is 8.25. The Labute approximate surface area is 101 Å². The van der Waals surface area contributed by atoms with Crippen LogP contribution in [0.5, 0.6) is 0 Å². The molecule has 0 aromatic carbocycles. The van der Waals surface area contributed by atoms with Gasteiger partial charge in [-0.05, 0) is 30.0 Å². The van der Waals surface area contributed by atoms with Crippen LogP contribution in [-0.2, 0) is 0 Å². The summed E-state index contributed by atoms with van der Waals surface area (Å²) in [7, 11) is 0. The summed E-state index contributed by atoms with van der Waals surface area (Å²) in [6.45, 7) is 1.96. The van der Waals surface area contributed by atoms with E-state index in [0.29, 0.717) is 17.4 Å². The van der Waals surface area contributed by atoms with E-state index in [-0.39, 0.29) is 0 Å². The molecule has 0 unspecified atom stereocenters. The number of hydrogen-bond acceptors (Lipinski definition) is 5. The Balaban J connectivity index is 2.04. The average molecular weight is 246 g/mol. The van der Waals surface area contributed by atoms with Gasteiger partial charge in [-0.1, -0.05) is 5.16 Å². The van der Waals surface area contributed by atoms with E-state index in [1.165, 1.54) is 11.3 Å². The third-order valence-electron chi connectivity index (χ3n) is 2.48. The fourth-order valence-corrected chi connectivity index (χ4v) is 2.41. The number of H-pyrrole nitrogens is 1. The van der Waals surface area contributed by atoms with Crippen LogP contribution in [0.3, 0.4) is 0 Å². The normalized spacial score (nSPS) is 10.9. The van der Waals surface area contributed by atoms with Crippen LogP contribution in [-0.4, -0.2) is 15.1 Å². The van der Waals surface area contributed by atoms with Crippen LogP contribution in [0.4, 0.5) is 5.69 Å². The summed E-state index contributed by atoms with van der Waals surface area (Å²) in [4.78, 5) is 8.17. The van der Waals surface area contributed by atoms with E-state index in [9.17, 15) is 0 Å². The Hall–Kier alpha value is -2.08. The average Bonchev–Trinajstić information content (AvgIpc) is 3.01. The molecule has 0 saturated carbocycles. The van der Waals surface area contributed by atoms with Crippen LogP contribution in [0.1, 0.15) is 5.56 Å². The van der Waals surface area contributed by atoms with Crippen molar-refractivity contribution in [2.75, 3.05) is 5.73 Å². The van der Waals surface area contributed by atoms with Crippen LogP contribution in [0.15, 0.2) is 28.2 Å². The first-order valence-electron chi connectivity index (χ1n) is 5.07. The van der Waals surface area contributed by atoms with Crippen LogP contribution in [0.2, 0.25) is 0 Å². The second-order valence-corrected chi connectivity index (χ2v) is 4.55. The number of aryl methyl sites for hydroxylation is 1. The van der Waals surface area contributed by atoms with E-state index in [0.717, 1.165) is 16.1 Å². The number of aromatic amines is 1. The van der Waals surface area contributed by atoms with Crippen molar-refractivity contribution in [1.82, 2.24) is 15.1 Å². The molecule has 3 aromatic rings. The molecule has 3 aromatic heterocycles. The molecule has 0 aliphatic heterocycles. The molecule has 0 fully saturated rings. The van der Waals surface area contributed by atoms with Crippen LogP contribution >= 0.6 is 11.3 Å². The Kier molecular flexibility index (Phi) is 2.22. The lowest BCUT2D eigenvalue weighted by Crippen LogP contribution is -1.87. The minimum absolute atomic E-state index is 0.463. The lowest BCUT2D eigenvalue weighted by molar-refractivity contribution is 0.433. The Morgan fingerprint density at radius 2 is 2.35 bits per heavy atom. The fraction of sp³-hybridized carbons (Fsp3) is 0.0909. The van der Waals surface area contributed by atoms with Gasteiger partial charge in [-0.2, -0.15) is 4.98 Å². The largest absolute Gasteiger partial charge is 0.397 e. The summed E-state index contributed by atoms with van der Waals surface area (Å²) in [5.41, 5.74) is 8.50. The zero-order valence-corrected chi connectivity index (χ0v) is 9.91. The van der Waals surface area contributed by atoms with Crippen molar-refractivity contribution in [3.8, 4) is 22.3 Å². The molecule has 0 bridgehead atoms. The first kappa shape index (κ1) is 10.1.